The van der Waals surface area contributed by atoms with Crippen molar-refractivity contribution in [3.8, 4) is 5.75 Å². The molecule has 0 unspecified atom stereocenters. The summed E-state index contributed by atoms with van der Waals surface area (Å²) in [5, 5.41) is 12.9. The molecule has 0 radical (unpaired) electrons. The summed E-state index contributed by atoms with van der Waals surface area (Å²) in [6.45, 7) is 4.35. The molecule has 3 rings (SSSR count). The van der Waals surface area contributed by atoms with E-state index in [0.717, 1.165) is 62.3 Å². The highest BCUT2D eigenvalue weighted by Gasteiger charge is 2.09. The summed E-state index contributed by atoms with van der Waals surface area (Å²) in [6, 6.07) is 18.5. The van der Waals surface area contributed by atoms with Crippen LogP contribution >= 0.6 is 0 Å². The van der Waals surface area contributed by atoms with Gasteiger partial charge in [-0.25, -0.2) is 0 Å². The molecule has 0 aromatic heterocycles. The fourth-order valence-corrected chi connectivity index (χ4v) is 3.92. The van der Waals surface area contributed by atoms with Gasteiger partial charge in [0.1, 0.15) is 5.75 Å². The number of piperidine rings is 1. The van der Waals surface area contributed by atoms with E-state index in [9.17, 15) is 5.21 Å². The number of nitrogens with zero attached hydrogens (tertiary/aromatic N) is 2. The third kappa shape index (κ3) is 7.54. The Balaban J connectivity index is 1.36. The van der Waals surface area contributed by atoms with Gasteiger partial charge in [-0.2, -0.15) is 0 Å². The van der Waals surface area contributed by atoms with Crippen molar-refractivity contribution >= 4 is 5.71 Å². The number of benzene rings is 2. The van der Waals surface area contributed by atoms with E-state index in [4.69, 9.17) is 4.74 Å². The van der Waals surface area contributed by atoms with Crippen LogP contribution in [-0.2, 0) is 6.42 Å². The number of hydrogen-bond donors (Lipinski definition) is 1. The first-order valence-corrected chi connectivity index (χ1v) is 11.1. The number of aryl methyl sites for hydroxylation is 1. The molecule has 1 aliphatic heterocycles. The van der Waals surface area contributed by atoms with Gasteiger partial charge in [-0.3, -0.25) is 0 Å². The normalized spacial score (nSPS) is 15.4. The van der Waals surface area contributed by atoms with Crippen LogP contribution in [-0.4, -0.2) is 42.1 Å². The molecule has 1 fully saturated rings. The molecule has 4 nitrogen and oxygen atoms in total. The van der Waals surface area contributed by atoms with Crippen LogP contribution in [0.5, 0.6) is 5.75 Å². The van der Waals surface area contributed by atoms with Gasteiger partial charge >= 0.3 is 0 Å². The van der Waals surface area contributed by atoms with Crippen LogP contribution in [0.2, 0.25) is 0 Å². The second-order valence-corrected chi connectivity index (χ2v) is 7.87. The van der Waals surface area contributed by atoms with Gasteiger partial charge < -0.3 is 14.8 Å². The molecule has 1 saturated heterocycles. The quantitative estimate of drug-likeness (QED) is 0.236. The molecular formula is C25H34N2O2. The van der Waals surface area contributed by atoms with Crippen molar-refractivity contribution in [2.75, 3.05) is 26.2 Å². The molecule has 0 atom stereocenters. The lowest BCUT2D eigenvalue weighted by Gasteiger charge is -2.26. The summed E-state index contributed by atoms with van der Waals surface area (Å²) in [6.07, 6.45) is 9.04. The predicted molar refractivity (Wildman–Crippen MR) is 119 cm³/mol. The van der Waals surface area contributed by atoms with Crippen LogP contribution in [0, 0.1) is 0 Å². The molecule has 156 valence electrons. The molecule has 4 heteroatoms. The van der Waals surface area contributed by atoms with Crippen molar-refractivity contribution in [2.45, 2.75) is 51.4 Å². The summed E-state index contributed by atoms with van der Waals surface area (Å²) >= 11 is 0. The van der Waals surface area contributed by atoms with E-state index in [0.29, 0.717) is 0 Å². The van der Waals surface area contributed by atoms with E-state index < -0.39 is 0 Å². The lowest BCUT2D eigenvalue weighted by Crippen LogP contribution is -2.31. The minimum absolute atomic E-state index is 0.745. The number of unbranched alkanes of at least 4 members (excludes halogenated alkanes) is 1. The molecule has 0 amide bonds. The Bertz CT molecular complexity index is 722. The van der Waals surface area contributed by atoms with Gasteiger partial charge in [-0.05, 0) is 93.4 Å². The molecule has 2 aromatic rings. The minimum atomic E-state index is 0.745. The maximum Gasteiger partial charge on any atom is 0.119 e. The molecule has 1 N–H and O–H groups in total. The second kappa shape index (κ2) is 12.3. The minimum Gasteiger partial charge on any atom is -0.494 e. The smallest absolute Gasteiger partial charge is 0.119 e. The van der Waals surface area contributed by atoms with Gasteiger partial charge in [0.05, 0.1) is 12.3 Å². The summed E-state index contributed by atoms with van der Waals surface area (Å²) in [4.78, 5) is 2.54. The van der Waals surface area contributed by atoms with Crippen molar-refractivity contribution < 1.29 is 9.94 Å². The Morgan fingerprint density at radius 1 is 0.897 bits per heavy atom. The predicted octanol–water partition coefficient (Wildman–Crippen LogP) is 5.53. The maximum atomic E-state index is 9.41. The topological polar surface area (TPSA) is 45.1 Å². The first-order chi connectivity index (χ1) is 14.3. The van der Waals surface area contributed by atoms with E-state index >= 15 is 0 Å². The van der Waals surface area contributed by atoms with Crippen LogP contribution in [0.15, 0.2) is 59.8 Å². The Morgan fingerprint density at radius 3 is 2.38 bits per heavy atom. The average molecular weight is 395 g/mol. The third-order valence-electron chi connectivity index (χ3n) is 5.62. The Morgan fingerprint density at radius 2 is 1.66 bits per heavy atom. The first-order valence-electron chi connectivity index (χ1n) is 11.1. The van der Waals surface area contributed by atoms with Crippen LogP contribution < -0.4 is 4.74 Å². The van der Waals surface area contributed by atoms with E-state index in [2.05, 4.69) is 34.3 Å². The van der Waals surface area contributed by atoms with Gasteiger partial charge in [0.2, 0.25) is 0 Å². The Labute approximate surface area is 175 Å². The third-order valence-corrected chi connectivity index (χ3v) is 5.62. The Hall–Kier alpha value is -2.33. The molecule has 29 heavy (non-hydrogen) atoms. The molecule has 0 saturated carbocycles. The molecule has 2 aromatic carbocycles. The number of ether oxygens (including phenoxy) is 1. The van der Waals surface area contributed by atoms with Crippen LogP contribution in [0.25, 0.3) is 0 Å². The van der Waals surface area contributed by atoms with E-state index in [1.54, 1.807) is 0 Å². The highest BCUT2D eigenvalue weighted by atomic mass is 16.5. The zero-order valence-electron chi connectivity index (χ0n) is 17.4. The SMILES string of the molecule is ON=C(CCCCc1ccccc1)c1ccc(OCCCN2CCCCC2)cc1. The molecule has 1 heterocycles. The lowest BCUT2D eigenvalue weighted by molar-refractivity contribution is 0.205. The monoisotopic (exact) mass is 394 g/mol. The zero-order chi connectivity index (χ0) is 20.2. The number of hydrogen-bond acceptors (Lipinski definition) is 4. The summed E-state index contributed by atoms with van der Waals surface area (Å²) in [7, 11) is 0. The summed E-state index contributed by atoms with van der Waals surface area (Å²) in [5.41, 5.74) is 3.07. The molecule has 0 aliphatic carbocycles. The zero-order valence-corrected chi connectivity index (χ0v) is 17.4. The van der Waals surface area contributed by atoms with Gasteiger partial charge in [0.15, 0.2) is 0 Å². The molecule has 0 spiro atoms. The standard InChI is InChI=1S/C25H34N2O2/c28-26-25(13-6-5-12-22-10-3-1-4-11-22)23-14-16-24(17-15-23)29-21-9-20-27-18-7-2-8-19-27/h1,3-4,10-11,14-17,28H,2,5-9,12-13,18-21H2. The van der Waals surface area contributed by atoms with Gasteiger partial charge in [-0.1, -0.05) is 41.9 Å². The maximum absolute atomic E-state index is 9.41. The number of oxime groups is 1. The van der Waals surface area contributed by atoms with Crippen molar-refractivity contribution in [1.29, 1.82) is 0 Å². The first kappa shape index (κ1) is 21.4. The number of rotatable bonds is 11. The van der Waals surface area contributed by atoms with Crippen molar-refractivity contribution in [3.05, 3.63) is 65.7 Å². The fourth-order valence-electron chi connectivity index (χ4n) is 3.92. The molecule has 1 aliphatic rings. The van der Waals surface area contributed by atoms with Crippen LogP contribution in [0.1, 0.15) is 56.1 Å². The summed E-state index contributed by atoms with van der Waals surface area (Å²) < 4.78 is 5.88. The largest absolute Gasteiger partial charge is 0.494 e. The van der Waals surface area contributed by atoms with E-state index in [1.165, 1.54) is 37.9 Å². The molecular weight excluding hydrogens is 360 g/mol. The van der Waals surface area contributed by atoms with E-state index in [-0.39, 0.29) is 0 Å². The fraction of sp³-hybridized carbons (Fsp3) is 0.480. The highest BCUT2D eigenvalue weighted by molar-refractivity contribution is 6.00. The van der Waals surface area contributed by atoms with Gasteiger partial charge in [-0.15, -0.1) is 0 Å². The van der Waals surface area contributed by atoms with Gasteiger partial charge in [0, 0.05) is 6.54 Å². The van der Waals surface area contributed by atoms with Crippen LogP contribution in [0.4, 0.5) is 0 Å². The van der Waals surface area contributed by atoms with Crippen molar-refractivity contribution in [2.24, 2.45) is 5.16 Å². The van der Waals surface area contributed by atoms with Crippen LogP contribution in [0.3, 0.4) is 0 Å². The van der Waals surface area contributed by atoms with E-state index in [1.807, 2.05) is 30.3 Å². The van der Waals surface area contributed by atoms with Crippen molar-refractivity contribution in [1.82, 2.24) is 4.90 Å². The average Bonchev–Trinajstić information content (AvgIpc) is 2.79. The second-order valence-electron chi connectivity index (χ2n) is 7.87. The Kier molecular flexibility index (Phi) is 9.05. The molecule has 0 bridgehead atoms. The van der Waals surface area contributed by atoms with Crippen molar-refractivity contribution in [3.63, 3.8) is 0 Å². The number of likely N-dealkylation sites (tertiary alicyclic amines) is 1. The van der Waals surface area contributed by atoms with Gasteiger partial charge in [0.25, 0.3) is 0 Å². The highest BCUT2D eigenvalue weighted by Crippen LogP contribution is 2.16. The summed E-state index contributed by atoms with van der Waals surface area (Å²) in [5.74, 6) is 0.883. The lowest BCUT2D eigenvalue weighted by atomic mass is 10.0.